The summed E-state index contributed by atoms with van der Waals surface area (Å²) in [6.45, 7) is 5.25. The van der Waals surface area contributed by atoms with Gasteiger partial charge in [0.1, 0.15) is 5.75 Å². The molecule has 0 aliphatic heterocycles. The van der Waals surface area contributed by atoms with Gasteiger partial charge in [0, 0.05) is 18.9 Å². The molecular weight excluding hydrogens is 579 g/mol. The fourth-order valence-electron chi connectivity index (χ4n) is 4.96. The minimum absolute atomic E-state index is 0.111. The maximum absolute atomic E-state index is 13.5. The quantitative estimate of drug-likeness (QED) is 0.0737. The van der Waals surface area contributed by atoms with Gasteiger partial charge in [0.25, 0.3) is 5.56 Å². The predicted octanol–water partition coefficient (Wildman–Crippen LogP) is 8.47. The average Bonchev–Trinajstić information content (AvgIpc) is 3.01. The van der Waals surface area contributed by atoms with E-state index in [-0.39, 0.29) is 19.5 Å². The first-order valence-electron chi connectivity index (χ1n) is 16.9. The SMILES string of the molecule is CCCCCCCCCCCCCCCCCCOCCOP(=O)(COC(C)Cn1ccc(=O)[nH]c1=O)Oc1ccccc1. The van der Waals surface area contributed by atoms with Crippen LogP contribution in [0.2, 0.25) is 0 Å². The van der Waals surface area contributed by atoms with Gasteiger partial charge >= 0.3 is 13.3 Å². The van der Waals surface area contributed by atoms with Crippen LogP contribution in [-0.4, -0.2) is 41.8 Å². The Morgan fingerprint density at radius 1 is 0.750 bits per heavy atom. The molecule has 2 aromatic rings. The molecule has 1 N–H and O–H groups in total. The Labute approximate surface area is 264 Å². The van der Waals surface area contributed by atoms with Gasteiger partial charge in [0.2, 0.25) is 0 Å². The number of nitrogens with zero attached hydrogens (tertiary/aromatic N) is 1. The van der Waals surface area contributed by atoms with Crippen molar-refractivity contribution in [2.75, 3.05) is 26.2 Å². The Hall–Kier alpha value is -2.19. The molecule has 0 bridgehead atoms. The highest BCUT2D eigenvalue weighted by Crippen LogP contribution is 2.48. The molecule has 44 heavy (non-hydrogen) atoms. The summed E-state index contributed by atoms with van der Waals surface area (Å²) in [7, 11) is -3.66. The largest absolute Gasteiger partial charge is 0.423 e. The lowest BCUT2D eigenvalue weighted by atomic mass is 10.0. The van der Waals surface area contributed by atoms with Crippen molar-refractivity contribution in [2.45, 2.75) is 129 Å². The van der Waals surface area contributed by atoms with Gasteiger partial charge in [-0.2, -0.15) is 0 Å². The van der Waals surface area contributed by atoms with Crippen LogP contribution >= 0.6 is 7.60 Å². The second kappa shape index (κ2) is 24.1. The third-order valence-corrected chi connectivity index (χ3v) is 9.04. The second-order valence-electron chi connectivity index (χ2n) is 11.6. The Morgan fingerprint density at radius 2 is 1.32 bits per heavy atom. The molecule has 0 saturated carbocycles. The molecule has 1 aromatic carbocycles. The third-order valence-electron chi connectivity index (χ3n) is 7.51. The van der Waals surface area contributed by atoms with Gasteiger partial charge in [0.15, 0.2) is 6.35 Å². The topological polar surface area (TPSA) is 109 Å². The molecule has 0 fully saturated rings. The molecule has 250 valence electrons. The van der Waals surface area contributed by atoms with Crippen LogP contribution < -0.4 is 15.8 Å². The van der Waals surface area contributed by atoms with E-state index in [9.17, 15) is 14.2 Å². The van der Waals surface area contributed by atoms with Gasteiger partial charge in [-0.05, 0) is 25.5 Å². The van der Waals surface area contributed by atoms with E-state index in [0.29, 0.717) is 19.0 Å². The first kappa shape index (κ1) is 38.0. The van der Waals surface area contributed by atoms with E-state index in [1.165, 1.54) is 107 Å². The number of nitrogens with one attached hydrogen (secondary N) is 1. The standard InChI is InChI=1S/C34H57N2O7P/c1-3-4-5-6-7-8-9-10-11-12-13-14-15-16-17-21-26-40-27-28-42-44(39,43-32-22-19-18-20-23-32)30-41-31(2)29-36-25-24-33(37)35-34(36)38/h18-20,22-25,31H,3-17,21,26-30H2,1-2H3,(H,35,37,38). The number of aromatic nitrogens is 2. The van der Waals surface area contributed by atoms with Crippen molar-refractivity contribution in [3.8, 4) is 5.75 Å². The molecule has 0 radical (unpaired) electrons. The Balaban J connectivity index is 1.54. The molecule has 0 aliphatic carbocycles. The highest BCUT2D eigenvalue weighted by Gasteiger charge is 2.28. The van der Waals surface area contributed by atoms with Crippen LogP contribution in [0.3, 0.4) is 0 Å². The number of para-hydroxylation sites is 1. The van der Waals surface area contributed by atoms with E-state index >= 15 is 0 Å². The van der Waals surface area contributed by atoms with Crippen molar-refractivity contribution >= 4 is 7.60 Å². The Kier molecular flexibility index (Phi) is 20.8. The summed E-state index contributed by atoms with van der Waals surface area (Å²) in [6, 6.07) is 10.1. The van der Waals surface area contributed by atoms with E-state index in [2.05, 4.69) is 11.9 Å². The van der Waals surface area contributed by atoms with Crippen molar-refractivity contribution in [1.82, 2.24) is 9.55 Å². The second-order valence-corrected chi connectivity index (χ2v) is 13.6. The number of ether oxygens (including phenoxy) is 2. The summed E-state index contributed by atoms with van der Waals surface area (Å²) in [5.74, 6) is 0.415. The normalized spacial score (nSPS) is 13.5. The number of benzene rings is 1. The lowest BCUT2D eigenvalue weighted by molar-refractivity contribution is 0.0612. The molecule has 0 saturated heterocycles. The van der Waals surface area contributed by atoms with Crippen LogP contribution in [0.25, 0.3) is 0 Å². The molecule has 0 aliphatic rings. The van der Waals surface area contributed by atoms with Gasteiger partial charge in [0.05, 0.1) is 25.9 Å². The van der Waals surface area contributed by atoms with Gasteiger partial charge in [-0.1, -0.05) is 121 Å². The number of hydrogen-bond donors (Lipinski definition) is 1. The number of H-pyrrole nitrogens is 1. The molecule has 1 aromatic heterocycles. The molecular formula is C34H57N2O7P. The molecule has 10 heteroatoms. The summed E-state index contributed by atoms with van der Waals surface area (Å²) in [4.78, 5) is 25.5. The average molecular weight is 637 g/mol. The molecule has 0 amide bonds. The minimum Gasteiger partial charge on any atom is -0.423 e. The number of rotatable bonds is 28. The lowest BCUT2D eigenvalue weighted by Crippen LogP contribution is -2.32. The Morgan fingerprint density at radius 3 is 1.89 bits per heavy atom. The zero-order valence-electron chi connectivity index (χ0n) is 27.2. The van der Waals surface area contributed by atoms with Crippen LogP contribution in [0.1, 0.15) is 117 Å². The predicted molar refractivity (Wildman–Crippen MR) is 178 cm³/mol. The van der Waals surface area contributed by atoms with Gasteiger partial charge in [-0.3, -0.25) is 18.9 Å². The molecule has 9 nitrogen and oxygen atoms in total. The molecule has 2 rings (SSSR count). The van der Waals surface area contributed by atoms with Crippen LogP contribution in [-0.2, 0) is 25.1 Å². The maximum Gasteiger partial charge on any atom is 0.404 e. The van der Waals surface area contributed by atoms with E-state index < -0.39 is 24.9 Å². The molecule has 1 heterocycles. The van der Waals surface area contributed by atoms with E-state index in [4.69, 9.17) is 18.5 Å². The van der Waals surface area contributed by atoms with E-state index in [1.54, 1.807) is 31.2 Å². The number of hydrogen-bond acceptors (Lipinski definition) is 7. The fraction of sp³-hybridized carbons (Fsp3) is 0.706. The van der Waals surface area contributed by atoms with Crippen LogP contribution in [0.5, 0.6) is 5.75 Å². The van der Waals surface area contributed by atoms with Gasteiger partial charge in [-0.15, -0.1) is 0 Å². The van der Waals surface area contributed by atoms with Gasteiger partial charge in [-0.25, -0.2) is 9.36 Å². The summed E-state index contributed by atoms with van der Waals surface area (Å²) in [5, 5.41) is 0. The number of unbranched alkanes of at least 4 members (excludes halogenated alkanes) is 15. The zero-order valence-corrected chi connectivity index (χ0v) is 28.1. The minimum atomic E-state index is -3.66. The van der Waals surface area contributed by atoms with Crippen molar-refractivity contribution in [2.24, 2.45) is 0 Å². The van der Waals surface area contributed by atoms with E-state index in [1.807, 2.05) is 6.07 Å². The summed E-state index contributed by atoms with van der Waals surface area (Å²) in [6.07, 6.45) is 21.9. The van der Waals surface area contributed by atoms with E-state index in [0.717, 1.165) is 12.8 Å². The smallest absolute Gasteiger partial charge is 0.404 e. The maximum atomic E-state index is 13.5. The third kappa shape index (κ3) is 18.6. The number of aromatic amines is 1. The lowest BCUT2D eigenvalue weighted by Gasteiger charge is -2.22. The van der Waals surface area contributed by atoms with Crippen LogP contribution in [0, 0.1) is 0 Å². The first-order chi connectivity index (χ1) is 21.4. The van der Waals surface area contributed by atoms with Crippen molar-refractivity contribution < 1.29 is 23.1 Å². The van der Waals surface area contributed by atoms with Crippen molar-refractivity contribution in [3.63, 3.8) is 0 Å². The molecule has 2 atom stereocenters. The summed E-state index contributed by atoms with van der Waals surface area (Å²) >= 11 is 0. The zero-order chi connectivity index (χ0) is 31.7. The van der Waals surface area contributed by atoms with Gasteiger partial charge < -0.3 is 14.0 Å². The van der Waals surface area contributed by atoms with Crippen molar-refractivity contribution in [1.29, 1.82) is 0 Å². The van der Waals surface area contributed by atoms with Crippen LogP contribution in [0.4, 0.5) is 0 Å². The van der Waals surface area contributed by atoms with Crippen LogP contribution in [0.15, 0.2) is 52.2 Å². The molecule has 2 unspecified atom stereocenters. The highest BCUT2D eigenvalue weighted by atomic mass is 31.2. The molecule has 0 spiro atoms. The first-order valence-corrected chi connectivity index (χ1v) is 18.6. The highest BCUT2D eigenvalue weighted by molar-refractivity contribution is 7.54. The monoisotopic (exact) mass is 636 g/mol. The fourth-order valence-corrected chi connectivity index (χ4v) is 6.37. The van der Waals surface area contributed by atoms with Crippen molar-refractivity contribution in [3.05, 3.63) is 63.4 Å². The summed E-state index contributed by atoms with van der Waals surface area (Å²) in [5.41, 5.74) is -1.000. The Bertz CT molecular complexity index is 1140. The summed E-state index contributed by atoms with van der Waals surface area (Å²) < 4.78 is 37.7.